The lowest BCUT2D eigenvalue weighted by atomic mass is 10.0. The van der Waals surface area contributed by atoms with E-state index in [9.17, 15) is 0 Å². The maximum Gasteiger partial charge on any atom is -0.0411 e. The smallest absolute Gasteiger partial charge is 0.0411 e. The first-order valence-electron chi connectivity index (χ1n) is 5.73. The Labute approximate surface area is 100 Å². The molecule has 0 heterocycles. The summed E-state index contributed by atoms with van der Waals surface area (Å²) in [5, 5.41) is 0. The molecule has 0 aromatic carbocycles. The van der Waals surface area contributed by atoms with Gasteiger partial charge in [0.15, 0.2) is 0 Å². The van der Waals surface area contributed by atoms with Crippen LogP contribution in [0.5, 0.6) is 0 Å². The highest BCUT2D eigenvalue weighted by Gasteiger charge is 1.95. The molecule has 0 aliphatic heterocycles. The standard InChI is InChI=1S/C5H12.C4H10.C2H6.2C2H4/c1-5(2,3)4;1-4(2)3;3*1-2/h1-4H3;4H,1-3H3;1-2H3;2*1-2H2. The molecule has 0 saturated heterocycles. The van der Waals surface area contributed by atoms with E-state index in [1.807, 2.05) is 13.8 Å². The molecule has 0 amide bonds. The van der Waals surface area contributed by atoms with E-state index in [2.05, 4.69) is 74.8 Å². The lowest BCUT2D eigenvalue weighted by molar-refractivity contribution is 0.469. The van der Waals surface area contributed by atoms with Crippen molar-refractivity contribution in [2.45, 2.75) is 62.3 Å². The van der Waals surface area contributed by atoms with Crippen LogP contribution in [0, 0.1) is 11.3 Å². The van der Waals surface area contributed by atoms with Gasteiger partial charge in [0.2, 0.25) is 0 Å². The first kappa shape index (κ1) is 29.3. The Morgan fingerprint density at radius 1 is 0.667 bits per heavy atom. The summed E-state index contributed by atoms with van der Waals surface area (Å²) in [6.45, 7) is 31.3. The predicted octanol–water partition coefficient (Wildman–Crippen LogP) is 6.35. The van der Waals surface area contributed by atoms with Crippen LogP contribution in [0.4, 0.5) is 0 Å². The third-order valence-corrected chi connectivity index (χ3v) is 0. The summed E-state index contributed by atoms with van der Waals surface area (Å²) in [7, 11) is 0. The summed E-state index contributed by atoms with van der Waals surface area (Å²) in [6, 6.07) is 0. The van der Waals surface area contributed by atoms with Crippen LogP contribution >= 0.6 is 0 Å². The molecule has 0 spiro atoms. The second-order valence-corrected chi connectivity index (χ2v) is 4.73. The topological polar surface area (TPSA) is 0 Å². The molecule has 0 aliphatic carbocycles. The summed E-state index contributed by atoms with van der Waals surface area (Å²) in [5.41, 5.74) is 0.500. The molecule has 0 saturated carbocycles. The van der Waals surface area contributed by atoms with E-state index in [0.717, 1.165) is 5.92 Å². The highest BCUT2D eigenvalue weighted by atomic mass is 14.0. The zero-order valence-corrected chi connectivity index (χ0v) is 12.9. The molecule has 15 heavy (non-hydrogen) atoms. The third kappa shape index (κ3) is 6570. The molecule has 0 atom stereocenters. The third-order valence-electron chi connectivity index (χ3n) is 0. The van der Waals surface area contributed by atoms with Crippen LogP contribution in [0.25, 0.3) is 0 Å². The molecule has 0 heteroatoms. The Hall–Kier alpha value is -0.520. The molecular formula is C15H36. The summed E-state index contributed by atoms with van der Waals surface area (Å²) in [5.74, 6) is 0.833. The molecular weight excluding hydrogens is 180 g/mol. The average molecular weight is 216 g/mol. The lowest BCUT2D eigenvalue weighted by Crippen LogP contribution is -1.93. The Kier molecular flexibility index (Phi) is 57.0. The normalized spacial score (nSPS) is 7.33. The minimum atomic E-state index is 0.500. The predicted molar refractivity (Wildman–Crippen MR) is 79.5 cm³/mol. The van der Waals surface area contributed by atoms with Gasteiger partial charge in [-0.25, -0.2) is 0 Å². The summed E-state index contributed by atoms with van der Waals surface area (Å²) >= 11 is 0. The second kappa shape index (κ2) is 29.2. The van der Waals surface area contributed by atoms with Crippen molar-refractivity contribution in [1.29, 1.82) is 0 Å². The van der Waals surface area contributed by atoms with Gasteiger partial charge in [-0.15, -0.1) is 26.3 Å². The van der Waals surface area contributed by atoms with Crippen LogP contribution in [-0.4, -0.2) is 0 Å². The fraction of sp³-hybridized carbons (Fsp3) is 0.733. The van der Waals surface area contributed by atoms with Crippen molar-refractivity contribution in [2.24, 2.45) is 11.3 Å². The van der Waals surface area contributed by atoms with Crippen LogP contribution < -0.4 is 0 Å². The van der Waals surface area contributed by atoms with Crippen molar-refractivity contribution in [3.05, 3.63) is 26.3 Å². The zero-order chi connectivity index (χ0) is 14.1. The maximum atomic E-state index is 3.00. The molecule has 0 bridgehead atoms. The van der Waals surface area contributed by atoms with Gasteiger partial charge < -0.3 is 0 Å². The van der Waals surface area contributed by atoms with Crippen molar-refractivity contribution in [3.63, 3.8) is 0 Å². The van der Waals surface area contributed by atoms with Crippen LogP contribution in [0.1, 0.15) is 62.3 Å². The van der Waals surface area contributed by atoms with E-state index in [4.69, 9.17) is 0 Å². The monoisotopic (exact) mass is 216 g/mol. The van der Waals surface area contributed by atoms with Gasteiger partial charge in [0, 0.05) is 0 Å². The number of hydrogen-bond donors (Lipinski definition) is 0. The number of hydrogen-bond acceptors (Lipinski definition) is 0. The summed E-state index contributed by atoms with van der Waals surface area (Å²) in [4.78, 5) is 0. The molecule has 0 unspecified atom stereocenters. The Morgan fingerprint density at radius 2 is 0.667 bits per heavy atom. The Morgan fingerprint density at radius 3 is 0.667 bits per heavy atom. The van der Waals surface area contributed by atoms with Crippen LogP contribution in [0.2, 0.25) is 0 Å². The van der Waals surface area contributed by atoms with Crippen LogP contribution in [0.3, 0.4) is 0 Å². The second-order valence-electron chi connectivity index (χ2n) is 4.73. The van der Waals surface area contributed by atoms with E-state index >= 15 is 0 Å². The molecule has 0 aromatic rings. The Balaban J connectivity index is -0.0000000301. The summed E-state index contributed by atoms with van der Waals surface area (Å²) < 4.78 is 0. The van der Waals surface area contributed by atoms with Crippen molar-refractivity contribution in [2.75, 3.05) is 0 Å². The van der Waals surface area contributed by atoms with Gasteiger partial charge in [0.1, 0.15) is 0 Å². The number of rotatable bonds is 0. The maximum absolute atomic E-state index is 3.00. The SMILES string of the molecule is C=C.C=C.CC.CC(C)(C)C.CC(C)C. The lowest BCUT2D eigenvalue weighted by Gasteiger charge is -2.05. The quantitative estimate of drug-likeness (QED) is 0.414. The van der Waals surface area contributed by atoms with E-state index in [1.54, 1.807) is 0 Å². The van der Waals surface area contributed by atoms with E-state index in [1.165, 1.54) is 0 Å². The summed E-state index contributed by atoms with van der Waals surface area (Å²) in [6.07, 6.45) is 0. The van der Waals surface area contributed by atoms with Crippen molar-refractivity contribution in [1.82, 2.24) is 0 Å². The van der Waals surface area contributed by atoms with Gasteiger partial charge in [-0.1, -0.05) is 62.3 Å². The van der Waals surface area contributed by atoms with Crippen LogP contribution in [0.15, 0.2) is 26.3 Å². The molecule has 0 rings (SSSR count). The molecule has 0 fully saturated rings. The molecule has 0 radical (unpaired) electrons. The van der Waals surface area contributed by atoms with Gasteiger partial charge in [-0.05, 0) is 11.3 Å². The average Bonchev–Trinajstić information content (AvgIpc) is 2.10. The molecule has 0 aliphatic rings. The molecule has 0 N–H and O–H groups in total. The van der Waals surface area contributed by atoms with Crippen LogP contribution in [-0.2, 0) is 0 Å². The zero-order valence-electron chi connectivity index (χ0n) is 12.9. The van der Waals surface area contributed by atoms with E-state index < -0.39 is 0 Å². The first-order chi connectivity index (χ1) is 6.73. The minimum Gasteiger partial charge on any atom is -0.106 e. The van der Waals surface area contributed by atoms with Gasteiger partial charge in [-0.2, -0.15) is 0 Å². The van der Waals surface area contributed by atoms with E-state index in [0.29, 0.717) is 5.41 Å². The first-order valence-corrected chi connectivity index (χ1v) is 5.73. The van der Waals surface area contributed by atoms with Gasteiger partial charge in [0.25, 0.3) is 0 Å². The van der Waals surface area contributed by atoms with E-state index in [-0.39, 0.29) is 0 Å². The molecule has 0 nitrogen and oxygen atoms in total. The highest BCUT2D eigenvalue weighted by Crippen LogP contribution is 2.07. The molecule has 0 aromatic heterocycles. The van der Waals surface area contributed by atoms with Gasteiger partial charge in [-0.3, -0.25) is 0 Å². The largest absolute Gasteiger partial charge is 0.106 e. The fourth-order valence-corrected chi connectivity index (χ4v) is 0. The van der Waals surface area contributed by atoms with Gasteiger partial charge >= 0.3 is 0 Å². The minimum absolute atomic E-state index is 0.500. The van der Waals surface area contributed by atoms with Crippen molar-refractivity contribution < 1.29 is 0 Å². The fourth-order valence-electron chi connectivity index (χ4n) is 0. The van der Waals surface area contributed by atoms with Gasteiger partial charge in [0.05, 0.1) is 0 Å². The van der Waals surface area contributed by atoms with Crippen molar-refractivity contribution in [3.8, 4) is 0 Å². The Bertz CT molecular complexity index is 53.8. The molecule has 96 valence electrons. The highest BCUT2D eigenvalue weighted by molar-refractivity contribution is 4.47. The van der Waals surface area contributed by atoms with Crippen molar-refractivity contribution >= 4 is 0 Å².